The Morgan fingerprint density at radius 2 is 1.78 bits per heavy atom. The number of rotatable bonds is 5. The quantitative estimate of drug-likeness (QED) is 0.706. The van der Waals surface area contributed by atoms with Crippen molar-refractivity contribution in [1.82, 2.24) is 0 Å². The molecular formula is C22H25N2O3+. The average Bonchev–Trinajstić information content (AvgIpc) is 3.08. The predicted molar refractivity (Wildman–Crippen MR) is 105 cm³/mol. The van der Waals surface area contributed by atoms with Crippen LogP contribution in [-0.2, 0) is 11.3 Å². The van der Waals surface area contributed by atoms with Gasteiger partial charge in [0.1, 0.15) is 12.1 Å². The van der Waals surface area contributed by atoms with Gasteiger partial charge in [-0.2, -0.15) is 0 Å². The Hall–Kier alpha value is -2.79. The molecule has 5 heteroatoms. The zero-order valence-electron chi connectivity index (χ0n) is 15.6. The van der Waals surface area contributed by atoms with Crippen LogP contribution in [0, 0.1) is 0 Å². The summed E-state index contributed by atoms with van der Waals surface area (Å²) in [6, 6.07) is 18.4. The Morgan fingerprint density at radius 1 is 1.07 bits per heavy atom. The smallest absolute Gasteiger partial charge is 0.374 e. The number of piperazine rings is 1. The van der Waals surface area contributed by atoms with Crippen molar-refractivity contribution in [3.8, 4) is 0 Å². The highest BCUT2D eigenvalue weighted by molar-refractivity contribution is 5.96. The molecule has 2 aromatic carbocycles. The van der Waals surface area contributed by atoms with E-state index in [0.717, 1.165) is 49.3 Å². The molecule has 3 aromatic rings. The zero-order chi connectivity index (χ0) is 18.6. The van der Waals surface area contributed by atoms with E-state index in [1.54, 1.807) is 0 Å². The van der Waals surface area contributed by atoms with Gasteiger partial charge in [-0.25, -0.2) is 4.79 Å². The maximum Gasteiger partial charge on any atom is 0.374 e. The van der Waals surface area contributed by atoms with Gasteiger partial charge in [-0.3, -0.25) is 0 Å². The lowest BCUT2D eigenvalue weighted by Crippen LogP contribution is -3.13. The Morgan fingerprint density at radius 3 is 2.52 bits per heavy atom. The first-order valence-corrected chi connectivity index (χ1v) is 9.57. The first-order valence-electron chi connectivity index (χ1n) is 9.57. The molecule has 1 aliphatic rings. The van der Waals surface area contributed by atoms with Crippen molar-refractivity contribution >= 4 is 22.6 Å². The molecule has 0 amide bonds. The van der Waals surface area contributed by atoms with Crippen molar-refractivity contribution < 1.29 is 18.8 Å². The van der Waals surface area contributed by atoms with Gasteiger partial charge >= 0.3 is 5.97 Å². The largest absolute Gasteiger partial charge is 0.460 e. The summed E-state index contributed by atoms with van der Waals surface area (Å²) >= 11 is 0. The zero-order valence-corrected chi connectivity index (χ0v) is 15.6. The van der Waals surface area contributed by atoms with Gasteiger partial charge in [0.2, 0.25) is 5.76 Å². The normalized spacial score (nSPS) is 15.2. The Balaban J connectivity index is 1.52. The van der Waals surface area contributed by atoms with Gasteiger partial charge in [-0.05, 0) is 25.1 Å². The Labute approximate surface area is 159 Å². The lowest BCUT2D eigenvalue weighted by molar-refractivity contribution is -0.914. The third-order valence-electron chi connectivity index (χ3n) is 5.18. The highest BCUT2D eigenvalue weighted by atomic mass is 16.5. The minimum Gasteiger partial charge on any atom is -0.460 e. The van der Waals surface area contributed by atoms with Gasteiger partial charge in [-0.1, -0.05) is 36.4 Å². The maximum atomic E-state index is 12.4. The SMILES string of the molecule is CCOC(=O)c1oc2ccccc2c1C[NH+]1CCN(c2ccccc2)CC1. The first kappa shape index (κ1) is 17.6. The molecule has 1 aromatic heterocycles. The molecule has 0 atom stereocenters. The molecule has 0 spiro atoms. The number of furan rings is 1. The molecule has 1 N–H and O–H groups in total. The van der Waals surface area contributed by atoms with E-state index in [2.05, 4.69) is 29.2 Å². The van der Waals surface area contributed by atoms with Crippen molar-refractivity contribution in [3.05, 3.63) is 65.9 Å². The van der Waals surface area contributed by atoms with E-state index in [1.165, 1.54) is 10.6 Å². The number of ether oxygens (including phenoxy) is 1. The number of benzene rings is 2. The van der Waals surface area contributed by atoms with Crippen molar-refractivity contribution in [2.45, 2.75) is 13.5 Å². The van der Waals surface area contributed by atoms with E-state index in [-0.39, 0.29) is 5.97 Å². The van der Waals surface area contributed by atoms with E-state index in [0.29, 0.717) is 12.4 Å². The molecule has 0 radical (unpaired) electrons. The minimum atomic E-state index is -0.369. The molecule has 4 rings (SSSR count). The van der Waals surface area contributed by atoms with Crippen LogP contribution in [0.2, 0.25) is 0 Å². The van der Waals surface area contributed by atoms with Crippen LogP contribution in [-0.4, -0.2) is 38.8 Å². The highest BCUT2D eigenvalue weighted by Gasteiger charge is 2.27. The highest BCUT2D eigenvalue weighted by Crippen LogP contribution is 2.26. The third kappa shape index (κ3) is 3.69. The fourth-order valence-electron chi connectivity index (χ4n) is 3.78. The fourth-order valence-corrected chi connectivity index (χ4v) is 3.78. The molecule has 0 unspecified atom stereocenters. The number of fused-ring (bicyclic) bond motifs is 1. The van der Waals surface area contributed by atoms with Gasteiger partial charge in [0, 0.05) is 11.1 Å². The van der Waals surface area contributed by atoms with Crippen LogP contribution in [0.25, 0.3) is 11.0 Å². The lowest BCUT2D eigenvalue weighted by Gasteiger charge is -2.33. The fraction of sp³-hybridized carbons (Fsp3) is 0.318. The summed E-state index contributed by atoms with van der Waals surface area (Å²) < 4.78 is 11.1. The third-order valence-corrected chi connectivity index (χ3v) is 5.18. The molecule has 2 heterocycles. The van der Waals surface area contributed by atoms with Crippen LogP contribution in [0.1, 0.15) is 23.0 Å². The second-order valence-electron chi connectivity index (χ2n) is 6.88. The lowest BCUT2D eigenvalue weighted by atomic mass is 10.1. The standard InChI is InChI=1S/C22H24N2O3/c1-2-26-22(25)21-19(18-10-6-7-11-20(18)27-21)16-23-12-14-24(15-13-23)17-8-4-3-5-9-17/h3-11H,2,12-16H2,1H3/p+1. The predicted octanol–water partition coefficient (Wildman–Crippen LogP) is 2.51. The van der Waals surface area contributed by atoms with Crippen molar-refractivity contribution in [3.63, 3.8) is 0 Å². The summed E-state index contributed by atoms with van der Waals surface area (Å²) in [5, 5.41) is 1.01. The Kier molecular flexibility index (Phi) is 5.12. The van der Waals surface area contributed by atoms with Crippen molar-refractivity contribution in [2.24, 2.45) is 0 Å². The molecule has 0 bridgehead atoms. The molecule has 1 saturated heterocycles. The van der Waals surface area contributed by atoms with Gasteiger partial charge in [-0.15, -0.1) is 0 Å². The van der Waals surface area contributed by atoms with E-state index < -0.39 is 0 Å². The number of hydrogen-bond acceptors (Lipinski definition) is 4. The summed E-state index contributed by atoms with van der Waals surface area (Å²) in [4.78, 5) is 16.3. The monoisotopic (exact) mass is 365 g/mol. The van der Waals surface area contributed by atoms with E-state index in [1.807, 2.05) is 37.3 Å². The number of nitrogens with one attached hydrogen (secondary N) is 1. The van der Waals surface area contributed by atoms with Crippen molar-refractivity contribution in [2.75, 3.05) is 37.7 Å². The van der Waals surface area contributed by atoms with Crippen LogP contribution < -0.4 is 9.80 Å². The van der Waals surface area contributed by atoms with Gasteiger partial charge in [0.15, 0.2) is 0 Å². The number of hydrogen-bond donors (Lipinski definition) is 1. The van der Waals surface area contributed by atoms with E-state index in [9.17, 15) is 4.79 Å². The molecule has 5 nitrogen and oxygen atoms in total. The number of esters is 1. The second kappa shape index (κ2) is 7.84. The Bertz CT molecular complexity index is 912. The van der Waals surface area contributed by atoms with Crippen LogP contribution >= 0.6 is 0 Å². The summed E-state index contributed by atoms with van der Waals surface area (Å²) in [5.74, 6) is -0.0120. The van der Waals surface area contributed by atoms with Gasteiger partial charge < -0.3 is 19.0 Å². The summed E-state index contributed by atoms with van der Waals surface area (Å²) in [6.07, 6.45) is 0. The summed E-state index contributed by atoms with van der Waals surface area (Å²) in [5.41, 5.74) is 2.99. The van der Waals surface area contributed by atoms with E-state index in [4.69, 9.17) is 9.15 Å². The molecule has 0 aliphatic carbocycles. The molecule has 140 valence electrons. The maximum absolute atomic E-state index is 12.4. The average molecular weight is 365 g/mol. The molecular weight excluding hydrogens is 340 g/mol. The summed E-state index contributed by atoms with van der Waals surface area (Å²) in [7, 11) is 0. The van der Waals surface area contributed by atoms with Crippen molar-refractivity contribution in [1.29, 1.82) is 0 Å². The van der Waals surface area contributed by atoms with Gasteiger partial charge in [0.05, 0.1) is 38.3 Å². The second-order valence-corrected chi connectivity index (χ2v) is 6.88. The number of carbonyl (C=O) groups excluding carboxylic acids is 1. The van der Waals surface area contributed by atoms with E-state index >= 15 is 0 Å². The molecule has 0 saturated carbocycles. The number of quaternary nitrogens is 1. The van der Waals surface area contributed by atoms with Gasteiger partial charge in [0.25, 0.3) is 0 Å². The minimum absolute atomic E-state index is 0.345. The van der Waals surface area contributed by atoms with Crippen LogP contribution in [0.5, 0.6) is 0 Å². The number of carbonyl (C=O) groups is 1. The van der Waals surface area contributed by atoms with Crippen LogP contribution in [0.15, 0.2) is 59.0 Å². The molecule has 27 heavy (non-hydrogen) atoms. The molecule has 1 aliphatic heterocycles. The summed E-state index contributed by atoms with van der Waals surface area (Å²) in [6.45, 7) is 6.99. The van der Waals surface area contributed by atoms with Crippen LogP contribution in [0.3, 0.4) is 0 Å². The number of nitrogens with zero attached hydrogens (tertiary/aromatic N) is 1. The van der Waals surface area contributed by atoms with Crippen LogP contribution in [0.4, 0.5) is 5.69 Å². The first-order chi connectivity index (χ1) is 13.3. The number of anilines is 1. The topological polar surface area (TPSA) is 47.1 Å². The molecule has 1 fully saturated rings. The number of para-hydroxylation sites is 2.